The van der Waals surface area contributed by atoms with Gasteiger partial charge in [-0.3, -0.25) is 0 Å². The van der Waals surface area contributed by atoms with E-state index in [1.807, 2.05) is 0 Å². The largest absolute Gasteiger partial charge is 0.462 e. The number of rotatable bonds is 6. The molecule has 0 aromatic rings. The molecule has 2 bridgehead atoms. The van der Waals surface area contributed by atoms with Gasteiger partial charge >= 0.3 is 11.9 Å². The number of carbonyl (C=O) groups excluding carboxylic acids is 2. The highest BCUT2D eigenvalue weighted by atomic mass is 16.5. The van der Waals surface area contributed by atoms with Crippen LogP contribution in [0.25, 0.3) is 0 Å². The summed E-state index contributed by atoms with van der Waals surface area (Å²) in [6.07, 6.45) is 8.00. The molecule has 0 aromatic carbocycles. The van der Waals surface area contributed by atoms with E-state index in [0.29, 0.717) is 30.6 Å². The summed E-state index contributed by atoms with van der Waals surface area (Å²) in [5.74, 6) is 0.601. The zero-order valence-corrected chi connectivity index (χ0v) is 13.9. The van der Waals surface area contributed by atoms with Gasteiger partial charge in [0.1, 0.15) is 0 Å². The average molecular weight is 318 g/mol. The molecule has 3 fully saturated rings. The van der Waals surface area contributed by atoms with Gasteiger partial charge in [0, 0.05) is 22.5 Å². The number of carbonyl (C=O) groups is 2. The van der Waals surface area contributed by atoms with Crippen molar-refractivity contribution in [3.05, 3.63) is 24.8 Å². The van der Waals surface area contributed by atoms with Crippen LogP contribution >= 0.6 is 0 Å². The maximum absolute atomic E-state index is 11.9. The summed E-state index contributed by atoms with van der Waals surface area (Å²) in [6, 6.07) is 0. The zero-order valence-electron chi connectivity index (χ0n) is 13.9. The molecule has 0 spiro atoms. The molecule has 3 rings (SSSR count). The number of hydrogen-bond acceptors (Lipinski definition) is 4. The van der Waals surface area contributed by atoms with E-state index >= 15 is 0 Å². The highest BCUT2D eigenvalue weighted by molar-refractivity contribution is 5.87. The lowest BCUT2D eigenvalue weighted by Crippen LogP contribution is -2.47. The smallest absolute Gasteiger partial charge is 0.333 e. The number of fused-ring (bicyclic) bond motifs is 5. The van der Waals surface area contributed by atoms with E-state index < -0.39 is 0 Å². The second-order valence-corrected chi connectivity index (χ2v) is 7.61. The monoisotopic (exact) mass is 318 g/mol. The molecule has 4 nitrogen and oxygen atoms in total. The van der Waals surface area contributed by atoms with Crippen LogP contribution in [0.3, 0.4) is 0 Å². The van der Waals surface area contributed by atoms with Gasteiger partial charge in [-0.2, -0.15) is 0 Å². The van der Waals surface area contributed by atoms with Gasteiger partial charge in [0.25, 0.3) is 0 Å². The molecule has 3 aliphatic rings. The van der Waals surface area contributed by atoms with Crippen LogP contribution in [-0.4, -0.2) is 25.2 Å². The van der Waals surface area contributed by atoms with Crippen molar-refractivity contribution in [1.29, 1.82) is 0 Å². The van der Waals surface area contributed by atoms with Gasteiger partial charge in [-0.25, -0.2) is 9.59 Å². The Morgan fingerprint density at radius 1 is 1.22 bits per heavy atom. The minimum Gasteiger partial charge on any atom is -0.462 e. The lowest BCUT2D eigenvalue weighted by atomic mass is 9.60. The first-order valence-electron chi connectivity index (χ1n) is 8.56. The van der Waals surface area contributed by atoms with E-state index in [2.05, 4.69) is 13.2 Å². The normalized spacial score (nSPS) is 37.3. The zero-order chi connectivity index (χ0) is 16.7. The summed E-state index contributed by atoms with van der Waals surface area (Å²) in [6.45, 7) is 9.68. The summed E-state index contributed by atoms with van der Waals surface area (Å²) in [5, 5.41) is 0. The molecular formula is C19H26O4. The minimum atomic E-state index is -0.363. The molecule has 3 saturated carbocycles. The van der Waals surface area contributed by atoms with E-state index in [-0.39, 0.29) is 22.8 Å². The predicted molar refractivity (Wildman–Crippen MR) is 86.5 cm³/mol. The van der Waals surface area contributed by atoms with E-state index in [1.54, 1.807) is 6.92 Å². The number of hydrogen-bond donors (Lipinski definition) is 0. The topological polar surface area (TPSA) is 52.6 Å². The molecule has 4 unspecified atom stereocenters. The van der Waals surface area contributed by atoms with Crippen molar-refractivity contribution in [1.82, 2.24) is 0 Å². The van der Waals surface area contributed by atoms with E-state index in [9.17, 15) is 9.59 Å². The van der Waals surface area contributed by atoms with Crippen LogP contribution in [-0.2, 0) is 19.1 Å². The average Bonchev–Trinajstić information content (AvgIpc) is 3.20. The molecular weight excluding hydrogens is 292 g/mol. The van der Waals surface area contributed by atoms with E-state index in [0.717, 1.165) is 19.3 Å². The van der Waals surface area contributed by atoms with Gasteiger partial charge < -0.3 is 9.47 Å². The van der Waals surface area contributed by atoms with Crippen LogP contribution in [0.1, 0.15) is 45.4 Å². The molecule has 0 heterocycles. The van der Waals surface area contributed by atoms with Gasteiger partial charge in [-0.05, 0) is 50.9 Å². The van der Waals surface area contributed by atoms with Gasteiger partial charge in [-0.15, -0.1) is 0 Å². The Morgan fingerprint density at radius 2 is 2.00 bits per heavy atom. The van der Waals surface area contributed by atoms with Crippen molar-refractivity contribution in [3.63, 3.8) is 0 Å². The summed E-state index contributed by atoms with van der Waals surface area (Å²) >= 11 is 0. The predicted octanol–water partition coefficient (Wildman–Crippen LogP) is 3.42. The molecule has 0 aliphatic heterocycles. The minimum absolute atomic E-state index is 0.0253. The second-order valence-electron chi connectivity index (χ2n) is 7.61. The quantitative estimate of drug-likeness (QED) is 0.556. The maximum atomic E-state index is 11.9. The molecule has 23 heavy (non-hydrogen) atoms. The Labute approximate surface area is 137 Å². The molecule has 0 amide bonds. The van der Waals surface area contributed by atoms with Crippen molar-refractivity contribution in [2.45, 2.75) is 45.4 Å². The third-order valence-electron chi connectivity index (χ3n) is 6.59. The first-order valence-corrected chi connectivity index (χ1v) is 8.56. The van der Waals surface area contributed by atoms with E-state index in [1.165, 1.54) is 25.3 Å². The summed E-state index contributed by atoms with van der Waals surface area (Å²) in [5.41, 5.74) is 0.376. The van der Waals surface area contributed by atoms with Crippen LogP contribution in [0.2, 0.25) is 0 Å². The molecule has 0 radical (unpaired) electrons. The molecule has 126 valence electrons. The standard InChI is InChI=1S/C19H26O4/c1-4-16(20)22-11-18-9-7-14(10-18)15-6-5-8-19(15,18)12-23-17(21)13(2)3/h4,14-15H,1-2,5-12H2,3H3. The number of ether oxygens (including phenoxy) is 2. The molecule has 4 atom stereocenters. The van der Waals surface area contributed by atoms with Crippen molar-refractivity contribution in [3.8, 4) is 0 Å². The van der Waals surface area contributed by atoms with Gasteiger partial charge in [-0.1, -0.05) is 19.6 Å². The summed E-state index contributed by atoms with van der Waals surface area (Å²) in [4.78, 5) is 23.4. The van der Waals surface area contributed by atoms with Crippen LogP contribution in [0.15, 0.2) is 24.8 Å². The van der Waals surface area contributed by atoms with Crippen LogP contribution in [0.4, 0.5) is 0 Å². The third kappa shape index (κ3) is 2.43. The molecule has 3 aliphatic carbocycles. The first kappa shape index (κ1) is 16.3. The fraction of sp³-hybridized carbons (Fsp3) is 0.684. The third-order valence-corrected chi connectivity index (χ3v) is 6.59. The van der Waals surface area contributed by atoms with Crippen LogP contribution < -0.4 is 0 Å². The van der Waals surface area contributed by atoms with Gasteiger partial charge in [0.15, 0.2) is 0 Å². The van der Waals surface area contributed by atoms with Gasteiger partial charge in [0.2, 0.25) is 0 Å². The van der Waals surface area contributed by atoms with Crippen LogP contribution in [0.5, 0.6) is 0 Å². The van der Waals surface area contributed by atoms with Crippen molar-refractivity contribution in [2.75, 3.05) is 13.2 Å². The molecule has 0 N–H and O–H groups in total. The van der Waals surface area contributed by atoms with Gasteiger partial charge in [0.05, 0.1) is 13.2 Å². The SMILES string of the molecule is C=CC(=O)OCC12CCC(C1)C1CCCC12COC(=O)C(=C)C. The fourth-order valence-corrected chi connectivity index (χ4v) is 5.60. The summed E-state index contributed by atoms with van der Waals surface area (Å²) in [7, 11) is 0. The Balaban J connectivity index is 1.81. The molecule has 4 heteroatoms. The molecule has 0 aromatic heterocycles. The highest BCUT2D eigenvalue weighted by Gasteiger charge is 2.68. The Kier molecular flexibility index (Phi) is 4.11. The lowest BCUT2D eigenvalue weighted by molar-refractivity contribution is -0.157. The molecule has 0 saturated heterocycles. The Hall–Kier alpha value is -1.58. The first-order chi connectivity index (χ1) is 10.9. The fourth-order valence-electron chi connectivity index (χ4n) is 5.60. The van der Waals surface area contributed by atoms with Crippen molar-refractivity contribution < 1.29 is 19.1 Å². The van der Waals surface area contributed by atoms with Crippen LogP contribution in [0, 0.1) is 22.7 Å². The summed E-state index contributed by atoms with van der Waals surface area (Å²) < 4.78 is 11.1. The number of esters is 2. The highest BCUT2D eigenvalue weighted by Crippen LogP contribution is 2.72. The Morgan fingerprint density at radius 3 is 2.70 bits per heavy atom. The van der Waals surface area contributed by atoms with E-state index in [4.69, 9.17) is 9.47 Å². The van der Waals surface area contributed by atoms with Crippen molar-refractivity contribution in [2.24, 2.45) is 22.7 Å². The second kappa shape index (κ2) is 5.81. The maximum Gasteiger partial charge on any atom is 0.333 e. The lowest BCUT2D eigenvalue weighted by Gasteiger charge is -2.47. The van der Waals surface area contributed by atoms with Crippen molar-refractivity contribution >= 4 is 11.9 Å². The Bertz CT molecular complexity index is 552.